The average Bonchev–Trinajstić information content (AvgIpc) is 3.36. The summed E-state index contributed by atoms with van der Waals surface area (Å²) in [6.45, 7) is 2.11. The Balaban J connectivity index is 1.52. The molecule has 31 heavy (non-hydrogen) atoms. The fraction of sp³-hybridized carbons (Fsp3) is 0.125. The third-order valence-corrected chi connectivity index (χ3v) is 7.80. The van der Waals surface area contributed by atoms with E-state index in [1.54, 1.807) is 11.3 Å². The summed E-state index contributed by atoms with van der Waals surface area (Å²) in [4.78, 5) is 2.05. The van der Waals surface area contributed by atoms with Crippen molar-refractivity contribution in [2.45, 2.75) is 23.5 Å². The second-order valence-electron chi connectivity index (χ2n) is 7.28. The molecule has 0 saturated carbocycles. The minimum absolute atomic E-state index is 0.187. The van der Waals surface area contributed by atoms with Gasteiger partial charge in [-0.15, -0.1) is 22.0 Å². The molecule has 0 aliphatic heterocycles. The Morgan fingerprint density at radius 3 is 2.55 bits per heavy atom. The van der Waals surface area contributed by atoms with Crippen LogP contribution in [0, 0.1) is 6.92 Å². The van der Waals surface area contributed by atoms with E-state index in [2.05, 4.69) is 87.6 Å². The molecule has 2 heterocycles. The van der Waals surface area contributed by atoms with Crippen LogP contribution in [-0.4, -0.2) is 19.8 Å². The zero-order chi connectivity index (χ0) is 21.2. The third-order valence-electron chi connectivity index (χ3n) is 4.93. The van der Waals surface area contributed by atoms with E-state index in [0.29, 0.717) is 0 Å². The molecule has 0 aliphatic carbocycles. The molecule has 0 fully saturated rings. The summed E-state index contributed by atoms with van der Waals surface area (Å²) in [6, 6.07) is 27.3. The van der Waals surface area contributed by atoms with E-state index < -0.39 is 0 Å². The first-order valence-corrected chi connectivity index (χ1v) is 12.4. The normalized spacial score (nSPS) is 12.3. The van der Waals surface area contributed by atoms with E-state index in [9.17, 15) is 0 Å². The lowest BCUT2D eigenvalue weighted by Crippen LogP contribution is -2.01. The van der Waals surface area contributed by atoms with Crippen LogP contribution in [0.3, 0.4) is 0 Å². The Bertz CT molecular complexity index is 1310. The molecule has 0 saturated heterocycles. The van der Waals surface area contributed by atoms with Crippen molar-refractivity contribution in [2.75, 3.05) is 0 Å². The fourth-order valence-electron chi connectivity index (χ4n) is 3.36. The summed E-state index contributed by atoms with van der Waals surface area (Å²) in [5.74, 6) is 0.762. The van der Waals surface area contributed by atoms with Crippen LogP contribution < -0.4 is 0 Å². The van der Waals surface area contributed by atoms with Crippen LogP contribution in [0.15, 0.2) is 88.2 Å². The fourth-order valence-corrected chi connectivity index (χ4v) is 5.91. The molecule has 154 valence electrons. The summed E-state index contributed by atoms with van der Waals surface area (Å²) in [6.07, 6.45) is 0.899. The molecule has 2 aromatic heterocycles. The quantitative estimate of drug-likeness (QED) is 0.232. The van der Waals surface area contributed by atoms with Crippen molar-refractivity contribution in [1.29, 1.82) is 0 Å². The van der Waals surface area contributed by atoms with Gasteiger partial charge < -0.3 is 0 Å². The largest absolute Gasteiger partial charge is 0.235 e. The van der Waals surface area contributed by atoms with Gasteiger partial charge in [0, 0.05) is 14.9 Å². The van der Waals surface area contributed by atoms with Gasteiger partial charge in [0.1, 0.15) is 5.01 Å². The van der Waals surface area contributed by atoms with Crippen molar-refractivity contribution >= 4 is 44.0 Å². The van der Waals surface area contributed by atoms with E-state index >= 15 is 0 Å². The molecule has 5 rings (SSSR count). The van der Waals surface area contributed by atoms with E-state index in [0.717, 1.165) is 32.2 Å². The molecule has 0 unspecified atom stereocenters. The van der Waals surface area contributed by atoms with Crippen LogP contribution in [0.2, 0.25) is 0 Å². The zero-order valence-corrected chi connectivity index (χ0v) is 20.0. The Morgan fingerprint density at radius 1 is 0.968 bits per heavy atom. The molecule has 0 radical (unpaired) electrons. The highest BCUT2D eigenvalue weighted by Gasteiger charge is 2.22. The number of aryl methyl sites for hydroxylation is 1. The van der Waals surface area contributed by atoms with Crippen LogP contribution in [0.4, 0.5) is 0 Å². The van der Waals surface area contributed by atoms with Crippen LogP contribution in [0.1, 0.15) is 21.4 Å². The molecule has 4 nitrogen and oxygen atoms in total. The number of thioether (sulfide) groups is 1. The molecular formula is C24H19BrN4S2. The van der Waals surface area contributed by atoms with Crippen LogP contribution in [-0.2, 0) is 6.42 Å². The molecule has 0 N–H and O–H groups in total. The number of hydrogen-bond donors (Lipinski definition) is 0. The highest BCUT2D eigenvalue weighted by Crippen LogP contribution is 2.40. The number of benzene rings is 3. The summed E-state index contributed by atoms with van der Waals surface area (Å²) in [5.41, 5.74) is 3.55. The van der Waals surface area contributed by atoms with E-state index in [4.69, 9.17) is 5.10 Å². The Kier molecular flexibility index (Phi) is 5.89. The van der Waals surface area contributed by atoms with Gasteiger partial charge in [0.25, 0.3) is 0 Å². The van der Waals surface area contributed by atoms with Gasteiger partial charge in [-0.05, 0) is 43.2 Å². The van der Waals surface area contributed by atoms with Gasteiger partial charge in [0.15, 0.2) is 5.82 Å². The molecular weight excluding hydrogens is 488 g/mol. The summed E-state index contributed by atoms with van der Waals surface area (Å²) >= 11 is 7.00. The first-order chi connectivity index (χ1) is 15.2. The lowest BCUT2D eigenvalue weighted by molar-refractivity contribution is 0.849. The predicted octanol–water partition coefficient (Wildman–Crippen LogP) is 7.00. The van der Waals surface area contributed by atoms with Gasteiger partial charge >= 0.3 is 0 Å². The number of fused-ring (bicyclic) bond motifs is 1. The number of hydrogen-bond acceptors (Lipinski definition) is 5. The maximum Gasteiger partial charge on any atom is 0.235 e. The second-order valence-corrected chi connectivity index (χ2v) is 10.5. The van der Waals surface area contributed by atoms with Crippen molar-refractivity contribution in [3.8, 4) is 11.4 Å². The number of aromatic nitrogens is 4. The lowest BCUT2D eigenvalue weighted by Gasteiger charge is -2.14. The molecule has 3 aromatic carbocycles. The molecule has 0 amide bonds. The topological polar surface area (TPSA) is 43.1 Å². The summed E-state index contributed by atoms with van der Waals surface area (Å²) in [7, 11) is 0. The SMILES string of the molecule is Cc1ccc(S[C@H](Cc2ccccc2)c2nn3c(-c4cccc(Br)c4)nnc3s2)cc1. The number of nitrogens with zero attached hydrogens (tertiary/aromatic N) is 4. The average molecular weight is 507 g/mol. The molecule has 0 bridgehead atoms. The Labute approximate surface area is 197 Å². The minimum atomic E-state index is 0.187. The van der Waals surface area contributed by atoms with Gasteiger partial charge in [-0.1, -0.05) is 87.4 Å². The van der Waals surface area contributed by atoms with E-state index in [1.165, 1.54) is 16.0 Å². The Morgan fingerprint density at radius 2 is 1.77 bits per heavy atom. The molecule has 0 aliphatic rings. The minimum Gasteiger partial charge on any atom is -0.183 e. The zero-order valence-electron chi connectivity index (χ0n) is 16.8. The standard InChI is InChI=1S/C24H19BrN4S2/c1-16-10-12-20(13-11-16)30-21(14-17-6-3-2-4-7-17)23-28-29-22(26-27-24(29)31-23)18-8-5-9-19(25)15-18/h2-13,15,21H,14H2,1H3/t21-/m1/s1. The van der Waals surface area contributed by atoms with Gasteiger partial charge in [-0.3, -0.25) is 0 Å². The predicted molar refractivity (Wildman–Crippen MR) is 132 cm³/mol. The number of rotatable bonds is 6. The Hall–Kier alpha value is -2.48. The van der Waals surface area contributed by atoms with Crippen molar-refractivity contribution in [2.24, 2.45) is 0 Å². The highest BCUT2D eigenvalue weighted by molar-refractivity contribution is 9.10. The molecule has 1 atom stereocenters. The highest BCUT2D eigenvalue weighted by atomic mass is 79.9. The van der Waals surface area contributed by atoms with Crippen molar-refractivity contribution in [3.05, 3.63) is 99.5 Å². The van der Waals surface area contributed by atoms with Gasteiger partial charge in [-0.2, -0.15) is 9.61 Å². The van der Waals surface area contributed by atoms with Gasteiger partial charge in [0.05, 0.1) is 5.25 Å². The first kappa shape index (κ1) is 20.4. The monoisotopic (exact) mass is 506 g/mol. The maximum absolute atomic E-state index is 4.96. The lowest BCUT2D eigenvalue weighted by atomic mass is 10.1. The molecule has 0 spiro atoms. The smallest absolute Gasteiger partial charge is 0.183 e. The van der Waals surface area contributed by atoms with Crippen LogP contribution >= 0.6 is 39.0 Å². The van der Waals surface area contributed by atoms with Crippen molar-refractivity contribution in [1.82, 2.24) is 19.8 Å². The molecule has 7 heteroatoms. The van der Waals surface area contributed by atoms with Crippen molar-refractivity contribution < 1.29 is 0 Å². The molecule has 5 aromatic rings. The van der Waals surface area contributed by atoms with Crippen LogP contribution in [0.5, 0.6) is 0 Å². The van der Waals surface area contributed by atoms with E-state index in [-0.39, 0.29) is 5.25 Å². The number of halogens is 1. The summed E-state index contributed by atoms with van der Waals surface area (Å²) in [5, 5.41) is 15.0. The van der Waals surface area contributed by atoms with Crippen LogP contribution in [0.25, 0.3) is 16.3 Å². The maximum atomic E-state index is 4.96. The summed E-state index contributed by atoms with van der Waals surface area (Å²) < 4.78 is 2.88. The van der Waals surface area contributed by atoms with E-state index in [1.807, 2.05) is 40.5 Å². The van der Waals surface area contributed by atoms with Crippen molar-refractivity contribution in [3.63, 3.8) is 0 Å². The van der Waals surface area contributed by atoms with Gasteiger partial charge in [0.2, 0.25) is 4.96 Å². The third kappa shape index (κ3) is 4.59. The van der Waals surface area contributed by atoms with Gasteiger partial charge in [-0.25, -0.2) is 0 Å². The second kappa shape index (κ2) is 8.94. The first-order valence-electron chi connectivity index (χ1n) is 9.91.